The topological polar surface area (TPSA) is 80.2 Å². The lowest BCUT2D eigenvalue weighted by atomic mass is 9.90. The minimum absolute atomic E-state index is 0.117. The number of pyridine rings is 1. The van der Waals surface area contributed by atoms with Crippen LogP contribution < -0.4 is 15.0 Å². The van der Waals surface area contributed by atoms with Gasteiger partial charge in [0.15, 0.2) is 6.61 Å². The van der Waals surface area contributed by atoms with E-state index in [1.165, 1.54) is 16.9 Å². The van der Waals surface area contributed by atoms with Crippen LogP contribution in [0, 0.1) is 12.8 Å². The van der Waals surface area contributed by atoms with Gasteiger partial charge in [-0.1, -0.05) is 53.8 Å². The minimum Gasteiger partial charge on any atom is -0.481 e. The number of hydrogen-bond acceptors (Lipinski definition) is 7. The second-order valence-electron chi connectivity index (χ2n) is 8.58. The first-order valence-corrected chi connectivity index (χ1v) is 12.4. The van der Waals surface area contributed by atoms with E-state index in [0.717, 1.165) is 54.1 Å². The molecular formula is C26H27N5O2S. The summed E-state index contributed by atoms with van der Waals surface area (Å²) >= 11 is 1.33. The van der Waals surface area contributed by atoms with Gasteiger partial charge in [0.25, 0.3) is 5.91 Å². The molecule has 1 fully saturated rings. The molecule has 2 aromatic carbocycles. The number of nitrogens with one attached hydrogen (secondary N) is 1. The van der Waals surface area contributed by atoms with E-state index in [-0.39, 0.29) is 12.5 Å². The van der Waals surface area contributed by atoms with Crippen molar-refractivity contribution in [3.63, 3.8) is 0 Å². The first-order valence-electron chi connectivity index (χ1n) is 11.6. The van der Waals surface area contributed by atoms with E-state index in [2.05, 4.69) is 62.9 Å². The van der Waals surface area contributed by atoms with Crippen LogP contribution in [-0.4, -0.2) is 40.8 Å². The van der Waals surface area contributed by atoms with Gasteiger partial charge in [0.05, 0.1) is 0 Å². The van der Waals surface area contributed by atoms with Crippen LogP contribution in [0.15, 0.2) is 60.7 Å². The Morgan fingerprint density at radius 1 is 1.06 bits per heavy atom. The summed E-state index contributed by atoms with van der Waals surface area (Å²) in [4.78, 5) is 19.6. The number of amides is 1. The number of benzene rings is 2. The Morgan fingerprint density at radius 3 is 2.65 bits per heavy atom. The summed E-state index contributed by atoms with van der Waals surface area (Å²) in [5, 5.41) is 12.8. The van der Waals surface area contributed by atoms with Crippen LogP contribution in [0.4, 0.5) is 10.9 Å². The van der Waals surface area contributed by atoms with Crippen molar-refractivity contribution >= 4 is 39.1 Å². The summed E-state index contributed by atoms with van der Waals surface area (Å²) in [6.07, 6.45) is 3.44. The van der Waals surface area contributed by atoms with Gasteiger partial charge in [0.1, 0.15) is 22.1 Å². The third kappa shape index (κ3) is 5.34. The number of fused-ring (bicyclic) bond motifs is 1. The van der Waals surface area contributed by atoms with Crippen molar-refractivity contribution in [2.75, 3.05) is 29.9 Å². The molecule has 34 heavy (non-hydrogen) atoms. The van der Waals surface area contributed by atoms with E-state index in [1.807, 2.05) is 25.1 Å². The minimum atomic E-state index is -0.273. The van der Waals surface area contributed by atoms with Crippen LogP contribution in [0.2, 0.25) is 0 Å². The molecule has 4 aromatic rings. The Kier molecular flexibility index (Phi) is 6.67. The van der Waals surface area contributed by atoms with E-state index in [0.29, 0.717) is 16.8 Å². The summed E-state index contributed by atoms with van der Waals surface area (Å²) in [6.45, 7) is 3.70. The molecule has 1 aliphatic heterocycles. The van der Waals surface area contributed by atoms with Gasteiger partial charge in [0, 0.05) is 18.5 Å². The van der Waals surface area contributed by atoms with Crippen molar-refractivity contribution in [3.05, 3.63) is 71.2 Å². The Bertz CT molecular complexity index is 1270. The molecule has 7 nitrogen and oxygen atoms in total. The molecule has 0 aliphatic carbocycles. The summed E-state index contributed by atoms with van der Waals surface area (Å²) in [5.41, 5.74) is 2.18. The van der Waals surface area contributed by atoms with Crippen molar-refractivity contribution in [2.45, 2.75) is 26.2 Å². The molecule has 0 saturated carbocycles. The highest BCUT2D eigenvalue weighted by Gasteiger charge is 2.21. The largest absolute Gasteiger partial charge is 0.481 e. The molecule has 5 rings (SSSR count). The van der Waals surface area contributed by atoms with Gasteiger partial charge >= 0.3 is 0 Å². The number of carbonyl (C=O) groups is 1. The van der Waals surface area contributed by atoms with Gasteiger partial charge in [-0.3, -0.25) is 10.1 Å². The van der Waals surface area contributed by atoms with Gasteiger partial charge in [-0.2, -0.15) is 0 Å². The second-order valence-corrected chi connectivity index (χ2v) is 9.76. The molecule has 1 N–H and O–H groups in total. The Balaban J connectivity index is 1.23. The highest BCUT2D eigenvalue weighted by molar-refractivity contribution is 7.15. The lowest BCUT2D eigenvalue weighted by molar-refractivity contribution is -0.118. The maximum absolute atomic E-state index is 12.3. The van der Waals surface area contributed by atoms with Gasteiger partial charge in [0.2, 0.25) is 5.13 Å². The number of carbonyl (C=O) groups excluding carboxylic acids is 1. The molecule has 0 spiro atoms. The summed E-state index contributed by atoms with van der Waals surface area (Å²) in [6, 6.07) is 20.7. The third-order valence-electron chi connectivity index (χ3n) is 6.11. The zero-order chi connectivity index (χ0) is 23.3. The van der Waals surface area contributed by atoms with Crippen LogP contribution >= 0.6 is 11.3 Å². The normalized spacial score (nSPS) is 14.3. The molecule has 3 heterocycles. The number of aryl methyl sites for hydroxylation is 1. The maximum atomic E-state index is 12.3. The van der Waals surface area contributed by atoms with Crippen molar-refractivity contribution in [1.82, 2.24) is 15.2 Å². The number of rotatable bonds is 7. The Hall–Kier alpha value is -3.52. The molecule has 1 amide bonds. The lowest BCUT2D eigenvalue weighted by Gasteiger charge is -2.33. The third-order valence-corrected chi connectivity index (χ3v) is 6.86. The SMILES string of the molecule is Cc1nnc(NC(=O)COc2cccc3ccc(N4CCC(Cc5ccccc5)CC4)nc23)s1. The van der Waals surface area contributed by atoms with Gasteiger partial charge in [-0.05, 0) is 55.9 Å². The fraction of sp³-hybridized carbons (Fsp3) is 0.308. The van der Waals surface area contributed by atoms with E-state index in [4.69, 9.17) is 9.72 Å². The Morgan fingerprint density at radius 2 is 1.88 bits per heavy atom. The fourth-order valence-electron chi connectivity index (χ4n) is 4.36. The quantitative estimate of drug-likeness (QED) is 0.412. The fourth-order valence-corrected chi connectivity index (χ4v) is 4.97. The lowest BCUT2D eigenvalue weighted by Crippen LogP contribution is -2.34. The van der Waals surface area contributed by atoms with Crippen molar-refractivity contribution < 1.29 is 9.53 Å². The zero-order valence-corrected chi connectivity index (χ0v) is 19.9. The van der Waals surface area contributed by atoms with Crippen LogP contribution in [-0.2, 0) is 11.2 Å². The number of hydrogen-bond donors (Lipinski definition) is 1. The van der Waals surface area contributed by atoms with Gasteiger partial charge in [-0.25, -0.2) is 4.98 Å². The number of piperidine rings is 1. The number of ether oxygens (including phenoxy) is 1. The number of anilines is 2. The summed E-state index contributed by atoms with van der Waals surface area (Å²) in [5.74, 6) is 1.98. The van der Waals surface area contributed by atoms with Crippen molar-refractivity contribution in [3.8, 4) is 5.75 Å². The molecule has 0 bridgehead atoms. The Labute approximate surface area is 202 Å². The highest BCUT2D eigenvalue weighted by Crippen LogP contribution is 2.29. The van der Waals surface area contributed by atoms with E-state index in [1.54, 1.807) is 0 Å². The summed E-state index contributed by atoms with van der Waals surface area (Å²) < 4.78 is 5.85. The molecule has 0 unspecified atom stereocenters. The van der Waals surface area contributed by atoms with Crippen molar-refractivity contribution in [2.24, 2.45) is 5.92 Å². The van der Waals surface area contributed by atoms with Crippen LogP contribution in [0.3, 0.4) is 0 Å². The van der Waals surface area contributed by atoms with Crippen LogP contribution in [0.5, 0.6) is 5.75 Å². The van der Waals surface area contributed by atoms with Gasteiger partial charge in [-0.15, -0.1) is 10.2 Å². The number of aromatic nitrogens is 3. The molecule has 174 valence electrons. The molecule has 0 radical (unpaired) electrons. The number of para-hydroxylation sites is 1. The van der Waals surface area contributed by atoms with E-state index >= 15 is 0 Å². The molecule has 1 saturated heterocycles. The average Bonchev–Trinajstić information content (AvgIpc) is 3.27. The average molecular weight is 474 g/mol. The molecule has 2 aromatic heterocycles. The highest BCUT2D eigenvalue weighted by atomic mass is 32.1. The monoisotopic (exact) mass is 473 g/mol. The number of nitrogens with zero attached hydrogens (tertiary/aromatic N) is 4. The molecule has 0 atom stereocenters. The van der Waals surface area contributed by atoms with E-state index in [9.17, 15) is 4.79 Å². The maximum Gasteiger partial charge on any atom is 0.264 e. The summed E-state index contributed by atoms with van der Waals surface area (Å²) in [7, 11) is 0. The molecule has 1 aliphatic rings. The van der Waals surface area contributed by atoms with Crippen molar-refractivity contribution in [1.29, 1.82) is 0 Å². The van der Waals surface area contributed by atoms with Crippen LogP contribution in [0.1, 0.15) is 23.4 Å². The standard InChI is InChI=1S/C26H27N5O2S/c1-18-29-30-26(34-18)28-24(32)17-33-22-9-5-8-21-10-11-23(27-25(21)22)31-14-12-20(13-15-31)16-19-6-3-2-4-7-19/h2-11,20H,12-17H2,1H3,(H,28,30,32). The van der Waals surface area contributed by atoms with E-state index < -0.39 is 0 Å². The molecule has 8 heteroatoms. The first-order chi connectivity index (χ1) is 16.6. The smallest absolute Gasteiger partial charge is 0.264 e. The first kappa shape index (κ1) is 22.3. The van der Waals surface area contributed by atoms with Gasteiger partial charge < -0.3 is 9.64 Å². The molecular weight excluding hydrogens is 446 g/mol. The zero-order valence-electron chi connectivity index (χ0n) is 19.1. The predicted molar refractivity (Wildman–Crippen MR) is 136 cm³/mol. The predicted octanol–water partition coefficient (Wildman–Crippen LogP) is 4.87. The van der Waals surface area contributed by atoms with Crippen LogP contribution in [0.25, 0.3) is 10.9 Å². The second kappa shape index (κ2) is 10.2.